The third kappa shape index (κ3) is 2.88. The van der Waals surface area contributed by atoms with E-state index in [1.165, 1.54) is 0 Å². The maximum Gasteiger partial charge on any atom is 0.251 e. The number of halogens is 2. The molecular formula is C9H17F2NO. The topological polar surface area (TPSA) is 46.2 Å². The molecule has 0 aromatic carbocycles. The van der Waals surface area contributed by atoms with E-state index in [0.717, 1.165) is 6.42 Å². The summed E-state index contributed by atoms with van der Waals surface area (Å²) in [6.07, 6.45) is 2.23. The molecule has 13 heavy (non-hydrogen) atoms. The number of hydrogen-bond donors (Lipinski definition) is 2. The Balaban J connectivity index is 2.46. The van der Waals surface area contributed by atoms with E-state index in [1.54, 1.807) is 0 Å². The average Bonchev–Trinajstić information content (AvgIpc) is 2.08. The van der Waals surface area contributed by atoms with Gasteiger partial charge in [0.05, 0.1) is 6.61 Å². The Hall–Kier alpha value is -0.220. The molecular weight excluding hydrogens is 176 g/mol. The molecule has 0 aliphatic heterocycles. The van der Waals surface area contributed by atoms with Crippen molar-refractivity contribution in [2.45, 2.75) is 44.1 Å². The second kappa shape index (κ2) is 4.33. The van der Waals surface area contributed by atoms with Gasteiger partial charge in [-0.2, -0.15) is 0 Å². The lowest BCUT2D eigenvalue weighted by Crippen LogP contribution is -2.37. The highest BCUT2D eigenvalue weighted by atomic mass is 19.3. The Morgan fingerprint density at radius 3 is 2.69 bits per heavy atom. The molecule has 0 radical (unpaired) electrons. The Morgan fingerprint density at radius 2 is 2.15 bits per heavy atom. The Morgan fingerprint density at radius 1 is 1.46 bits per heavy atom. The minimum absolute atomic E-state index is 0.0180. The second-order valence-electron chi connectivity index (χ2n) is 3.88. The van der Waals surface area contributed by atoms with E-state index in [4.69, 9.17) is 10.8 Å². The summed E-state index contributed by atoms with van der Waals surface area (Å²) >= 11 is 0. The highest BCUT2D eigenvalue weighted by molar-refractivity contribution is 4.84. The molecule has 0 aromatic rings. The quantitative estimate of drug-likeness (QED) is 0.713. The number of rotatable bonds is 3. The van der Waals surface area contributed by atoms with Crippen LogP contribution in [-0.4, -0.2) is 23.7 Å². The van der Waals surface area contributed by atoms with Gasteiger partial charge in [-0.25, -0.2) is 8.78 Å². The SMILES string of the molecule is NC(CO)CC1CCCCC1(F)F. The van der Waals surface area contributed by atoms with Gasteiger partial charge in [-0.1, -0.05) is 6.42 Å². The smallest absolute Gasteiger partial charge is 0.251 e. The van der Waals surface area contributed by atoms with Gasteiger partial charge in [-0.05, 0) is 19.3 Å². The van der Waals surface area contributed by atoms with E-state index in [-0.39, 0.29) is 19.4 Å². The molecule has 3 N–H and O–H groups in total. The number of aliphatic hydroxyl groups is 1. The maximum atomic E-state index is 13.2. The van der Waals surface area contributed by atoms with Gasteiger partial charge in [-0.15, -0.1) is 0 Å². The summed E-state index contributed by atoms with van der Waals surface area (Å²) < 4.78 is 26.5. The minimum atomic E-state index is -2.56. The van der Waals surface area contributed by atoms with Crippen LogP contribution in [0.25, 0.3) is 0 Å². The molecule has 0 aromatic heterocycles. The van der Waals surface area contributed by atoms with Gasteiger partial charge < -0.3 is 10.8 Å². The number of aliphatic hydroxyl groups excluding tert-OH is 1. The molecule has 78 valence electrons. The van der Waals surface area contributed by atoms with Crippen LogP contribution in [0.3, 0.4) is 0 Å². The van der Waals surface area contributed by atoms with Crippen molar-refractivity contribution in [2.75, 3.05) is 6.61 Å². The summed E-state index contributed by atoms with van der Waals surface area (Å²) in [5.41, 5.74) is 5.44. The molecule has 1 fully saturated rings. The first-order valence-electron chi connectivity index (χ1n) is 4.80. The van der Waals surface area contributed by atoms with Gasteiger partial charge in [0.15, 0.2) is 0 Å². The number of alkyl halides is 2. The van der Waals surface area contributed by atoms with Crippen LogP contribution in [0.5, 0.6) is 0 Å². The molecule has 1 rings (SSSR count). The fourth-order valence-electron chi connectivity index (χ4n) is 1.90. The minimum Gasteiger partial charge on any atom is -0.395 e. The molecule has 0 saturated heterocycles. The molecule has 2 unspecified atom stereocenters. The van der Waals surface area contributed by atoms with Crippen molar-refractivity contribution in [3.8, 4) is 0 Å². The fraction of sp³-hybridized carbons (Fsp3) is 1.00. The van der Waals surface area contributed by atoms with Crippen LogP contribution in [0.2, 0.25) is 0 Å². The van der Waals surface area contributed by atoms with Crippen LogP contribution in [0.4, 0.5) is 8.78 Å². The fourth-order valence-corrected chi connectivity index (χ4v) is 1.90. The molecule has 1 saturated carbocycles. The van der Waals surface area contributed by atoms with Crippen molar-refractivity contribution in [3.63, 3.8) is 0 Å². The molecule has 1 aliphatic carbocycles. The molecule has 0 spiro atoms. The van der Waals surface area contributed by atoms with E-state index >= 15 is 0 Å². The van der Waals surface area contributed by atoms with Crippen LogP contribution >= 0.6 is 0 Å². The standard InChI is InChI=1S/C9H17F2NO/c10-9(11)4-2-1-3-7(9)5-8(12)6-13/h7-8,13H,1-6,12H2. The highest BCUT2D eigenvalue weighted by Gasteiger charge is 2.41. The molecule has 4 heteroatoms. The Labute approximate surface area is 77.1 Å². The third-order valence-electron chi connectivity index (χ3n) is 2.73. The normalized spacial score (nSPS) is 30.0. The molecule has 0 bridgehead atoms. The molecule has 1 aliphatic rings. The summed E-state index contributed by atoms with van der Waals surface area (Å²) in [5.74, 6) is -3.19. The van der Waals surface area contributed by atoms with Crippen LogP contribution in [0, 0.1) is 5.92 Å². The number of hydrogen-bond acceptors (Lipinski definition) is 2. The third-order valence-corrected chi connectivity index (χ3v) is 2.73. The summed E-state index contributed by atoms with van der Waals surface area (Å²) in [6.45, 7) is -0.202. The predicted molar refractivity (Wildman–Crippen MR) is 46.6 cm³/mol. The van der Waals surface area contributed by atoms with Crippen molar-refractivity contribution in [1.82, 2.24) is 0 Å². The largest absolute Gasteiger partial charge is 0.395 e. The first-order chi connectivity index (χ1) is 6.06. The van der Waals surface area contributed by atoms with Crippen molar-refractivity contribution >= 4 is 0 Å². The van der Waals surface area contributed by atoms with E-state index in [1.807, 2.05) is 0 Å². The lowest BCUT2D eigenvalue weighted by atomic mass is 9.82. The van der Waals surface area contributed by atoms with Crippen molar-refractivity contribution in [3.05, 3.63) is 0 Å². The lowest BCUT2D eigenvalue weighted by Gasteiger charge is -2.32. The molecule has 2 nitrogen and oxygen atoms in total. The van der Waals surface area contributed by atoms with Crippen LogP contribution in [0.1, 0.15) is 32.1 Å². The van der Waals surface area contributed by atoms with E-state index in [9.17, 15) is 8.78 Å². The Bertz CT molecular complexity index is 164. The van der Waals surface area contributed by atoms with Crippen molar-refractivity contribution in [2.24, 2.45) is 11.7 Å². The zero-order chi connectivity index (χ0) is 9.90. The molecule has 0 heterocycles. The predicted octanol–water partition coefficient (Wildman–Crippen LogP) is 1.52. The first kappa shape index (κ1) is 10.9. The zero-order valence-electron chi connectivity index (χ0n) is 7.68. The van der Waals surface area contributed by atoms with Crippen molar-refractivity contribution < 1.29 is 13.9 Å². The monoisotopic (exact) mass is 193 g/mol. The molecule has 2 atom stereocenters. The van der Waals surface area contributed by atoms with Gasteiger partial charge >= 0.3 is 0 Å². The van der Waals surface area contributed by atoms with Crippen LogP contribution in [0.15, 0.2) is 0 Å². The summed E-state index contributed by atoms with van der Waals surface area (Å²) in [4.78, 5) is 0. The van der Waals surface area contributed by atoms with Crippen LogP contribution in [-0.2, 0) is 0 Å². The van der Waals surface area contributed by atoms with Crippen LogP contribution < -0.4 is 5.73 Å². The first-order valence-corrected chi connectivity index (χ1v) is 4.80. The van der Waals surface area contributed by atoms with Crippen molar-refractivity contribution in [1.29, 1.82) is 0 Å². The summed E-state index contributed by atoms with van der Waals surface area (Å²) in [6, 6.07) is -0.492. The summed E-state index contributed by atoms with van der Waals surface area (Å²) in [5, 5.41) is 8.67. The second-order valence-corrected chi connectivity index (χ2v) is 3.88. The van der Waals surface area contributed by atoms with Gasteiger partial charge in [-0.3, -0.25) is 0 Å². The summed E-state index contributed by atoms with van der Waals surface area (Å²) in [7, 11) is 0. The molecule has 0 amide bonds. The number of nitrogens with two attached hydrogens (primary N) is 1. The highest BCUT2D eigenvalue weighted by Crippen LogP contribution is 2.40. The Kier molecular flexibility index (Phi) is 3.62. The van der Waals surface area contributed by atoms with E-state index < -0.39 is 17.9 Å². The maximum absolute atomic E-state index is 13.2. The average molecular weight is 193 g/mol. The van der Waals surface area contributed by atoms with Gasteiger partial charge in [0.2, 0.25) is 0 Å². The van der Waals surface area contributed by atoms with Gasteiger partial charge in [0.25, 0.3) is 5.92 Å². The van der Waals surface area contributed by atoms with E-state index in [0.29, 0.717) is 12.8 Å². The van der Waals surface area contributed by atoms with Gasteiger partial charge in [0.1, 0.15) is 0 Å². The van der Waals surface area contributed by atoms with E-state index in [2.05, 4.69) is 0 Å². The van der Waals surface area contributed by atoms with Gasteiger partial charge in [0, 0.05) is 18.4 Å². The zero-order valence-corrected chi connectivity index (χ0v) is 7.68. The lowest BCUT2D eigenvalue weighted by molar-refractivity contribution is -0.0909.